The van der Waals surface area contributed by atoms with Crippen molar-refractivity contribution in [1.82, 2.24) is 24.9 Å². The zero-order valence-electron chi connectivity index (χ0n) is 26.2. The number of nitrogens with one attached hydrogen (secondary N) is 1. The average molecular weight is 548 g/mol. The number of hydrogen-bond donors (Lipinski definition) is 1. The molecule has 0 spiro atoms. The van der Waals surface area contributed by atoms with Gasteiger partial charge in [0.1, 0.15) is 6.04 Å². The summed E-state index contributed by atoms with van der Waals surface area (Å²) in [4.78, 5) is 49.6. The van der Waals surface area contributed by atoms with Gasteiger partial charge in [-0.3, -0.25) is 24.2 Å². The second-order valence-corrected chi connectivity index (χ2v) is 13.9. The molecule has 8 heteroatoms. The third-order valence-corrected chi connectivity index (χ3v) is 9.49. The minimum Gasteiger partial charge on any atom is -0.342 e. The zero-order valence-corrected chi connectivity index (χ0v) is 26.2. The Kier molecular flexibility index (Phi) is 11.3. The first-order valence-corrected chi connectivity index (χ1v) is 15.6. The summed E-state index contributed by atoms with van der Waals surface area (Å²) < 4.78 is 0. The van der Waals surface area contributed by atoms with Crippen molar-refractivity contribution in [2.24, 2.45) is 11.3 Å². The van der Waals surface area contributed by atoms with Gasteiger partial charge in [0.15, 0.2) is 0 Å². The molecule has 3 heterocycles. The van der Waals surface area contributed by atoms with Gasteiger partial charge in [-0.05, 0) is 83.3 Å². The summed E-state index contributed by atoms with van der Waals surface area (Å²) in [5.41, 5.74) is -0.427. The first-order chi connectivity index (χ1) is 18.3. The van der Waals surface area contributed by atoms with Crippen molar-refractivity contribution in [2.45, 2.75) is 130 Å². The number of carbonyl (C=O) groups excluding carboxylic acids is 3. The van der Waals surface area contributed by atoms with Crippen LogP contribution in [-0.2, 0) is 14.4 Å². The third kappa shape index (κ3) is 7.96. The van der Waals surface area contributed by atoms with Crippen molar-refractivity contribution >= 4 is 17.7 Å². The van der Waals surface area contributed by atoms with Gasteiger partial charge in [-0.1, -0.05) is 47.5 Å². The lowest BCUT2D eigenvalue weighted by molar-refractivity contribution is -0.145. The smallest absolute Gasteiger partial charge is 0.245 e. The van der Waals surface area contributed by atoms with E-state index in [0.29, 0.717) is 12.6 Å². The highest BCUT2D eigenvalue weighted by Crippen LogP contribution is 2.28. The number of nitrogens with zero attached hydrogens (tertiary/aromatic N) is 4. The number of rotatable bonds is 8. The van der Waals surface area contributed by atoms with Crippen LogP contribution in [0.5, 0.6) is 0 Å². The summed E-state index contributed by atoms with van der Waals surface area (Å²) >= 11 is 0. The van der Waals surface area contributed by atoms with Crippen molar-refractivity contribution in [3.05, 3.63) is 0 Å². The zero-order chi connectivity index (χ0) is 28.9. The van der Waals surface area contributed by atoms with Gasteiger partial charge in [-0.2, -0.15) is 0 Å². The standard InChI is InChI=1S/C31H57N5O3/c1-22(2)26(21-35-19-13-11-17-25(35)29(38)36-20-14-9-15-23(36)3)34(8)30(39)27(31(4,5)6)32-28(37)24-16-10-12-18-33(24)7/h22-27H,9-21H2,1-8H3,(H,32,37)/t23-,24-,25+,26-,27-/m1/s1. The van der Waals surface area contributed by atoms with Crippen LogP contribution in [0.15, 0.2) is 0 Å². The van der Waals surface area contributed by atoms with Crippen LogP contribution >= 0.6 is 0 Å². The van der Waals surface area contributed by atoms with Crippen LogP contribution in [0, 0.1) is 11.3 Å². The molecule has 39 heavy (non-hydrogen) atoms. The maximum absolute atomic E-state index is 14.1. The second-order valence-electron chi connectivity index (χ2n) is 13.9. The molecule has 0 bridgehead atoms. The molecule has 3 aliphatic rings. The van der Waals surface area contributed by atoms with Crippen LogP contribution in [-0.4, -0.2) is 108 Å². The predicted octanol–water partition coefficient (Wildman–Crippen LogP) is 3.74. The molecule has 0 unspecified atom stereocenters. The highest BCUT2D eigenvalue weighted by molar-refractivity contribution is 5.90. The molecule has 0 aromatic rings. The Morgan fingerprint density at radius 1 is 0.897 bits per heavy atom. The normalized spacial score (nSPS) is 27.2. The van der Waals surface area contributed by atoms with Crippen LogP contribution in [0.1, 0.15) is 99.3 Å². The molecule has 3 amide bonds. The predicted molar refractivity (Wildman–Crippen MR) is 157 cm³/mol. The Morgan fingerprint density at radius 2 is 1.49 bits per heavy atom. The quantitative estimate of drug-likeness (QED) is 0.501. The maximum Gasteiger partial charge on any atom is 0.245 e. The molecule has 3 saturated heterocycles. The lowest BCUT2D eigenvalue weighted by atomic mass is 9.84. The maximum atomic E-state index is 14.1. The van der Waals surface area contributed by atoms with Gasteiger partial charge in [0, 0.05) is 32.2 Å². The van der Waals surface area contributed by atoms with Crippen LogP contribution < -0.4 is 5.32 Å². The Morgan fingerprint density at radius 3 is 2.08 bits per heavy atom. The Balaban J connectivity index is 1.75. The highest BCUT2D eigenvalue weighted by atomic mass is 16.2. The van der Waals surface area contributed by atoms with E-state index < -0.39 is 11.5 Å². The Hall–Kier alpha value is -1.67. The molecular weight excluding hydrogens is 490 g/mol. The first-order valence-electron chi connectivity index (χ1n) is 15.6. The van der Waals surface area contributed by atoms with E-state index in [1.54, 1.807) is 0 Å². The SMILES string of the molecule is CC(C)[C@@H](CN1CCCC[C@H]1C(=O)N1CCCC[C@H]1C)N(C)C(=O)[C@@H](NC(=O)[C@H]1CCCCN1C)C(C)(C)C. The summed E-state index contributed by atoms with van der Waals surface area (Å²) in [5.74, 6) is 0.399. The number of carbonyl (C=O) groups is 3. The van der Waals surface area contributed by atoms with Gasteiger partial charge in [0.05, 0.1) is 12.1 Å². The Bertz CT molecular complexity index is 841. The average Bonchev–Trinajstić information content (AvgIpc) is 2.89. The number of hydrogen-bond acceptors (Lipinski definition) is 5. The molecule has 5 atom stereocenters. The minimum atomic E-state index is -0.612. The first kappa shape index (κ1) is 31.9. The molecule has 0 radical (unpaired) electrons. The van der Waals surface area contributed by atoms with Gasteiger partial charge in [0.25, 0.3) is 0 Å². The molecule has 3 aliphatic heterocycles. The van der Waals surface area contributed by atoms with Crippen molar-refractivity contribution in [2.75, 3.05) is 40.3 Å². The van der Waals surface area contributed by atoms with Gasteiger partial charge >= 0.3 is 0 Å². The van der Waals surface area contributed by atoms with E-state index >= 15 is 0 Å². The third-order valence-electron chi connectivity index (χ3n) is 9.49. The van der Waals surface area contributed by atoms with Crippen LogP contribution in [0.2, 0.25) is 0 Å². The topological polar surface area (TPSA) is 76.2 Å². The van der Waals surface area contributed by atoms with Crippen molar-refractivity contribution < 1.29 is 14.4 Å². The van der Waals surface area contributed by atoms with Crippen LogP contribution in [0.25, 0.3) is 0 Å². The fourth-order valence-corrected chi connectivity index (χ4v) is 6.79. The van der Waals surface area contributed by atoms with Crippen molar-refractivity contribution in [3.8, 4) is 0 Å². The molecular formula is C31H57N5O3. The van der Waals surface area contributed by atoms with E-state index in [4.69, 9.17) is 0 Å². The lowest BCUT2D eigenvalue weighted by Crippen LogP contribution is -2.62. The van der Waals surface area contributed by atoms with E-state index in [0.717, 1.165) is 71.0 Å². The summed E-state index contributed by atoms with van der Waals surface area (Å²) in [7, 11) is 3.89. The van der Waals surface area contributed by atoms with Crippen LogP contribution in [0.4, 0.5) is 0 Å². The molecule has 3 fully saturated rings. The molecule has 0 saturated carbocycles. The summed E-state index contributed by atoms with van der Waals surface area (Å²) in [5, 5.41) is 3.16. The van der Waals surface area contributed by atoms with E-state index in [9.17, 15) is 14.4 Å². The number of amides is 3. The fourth-order valence-electron chi connectivity index (χ4n) is 6.79. The van der Waals surface area contributed by atoms with E-state index in [1.165, 1.54) is 6.42 Å². The minimum absolute atomic E-state index is 0.0439. The number of piperidine rings is 3. The monoisotopic (exact) mass is 547 g/mol. The fraction of sp³-hybridized carbons (Fsp3) is 0.903. The molecule has 1 N–H and O–H groups in total. The molecule has 8 nitrogen and oxygen atoms in total. The molecule has 224 valence electrons. The molecule has 3 rings (SSSR count). The van der Waals surface area contributed by atoms with E-state index in [1.807, 2.05) is 39.8 Å². The van der Waals surface area contributed by atoms with Gasteiger partial charge < -0.3 is 15.1 Å². The number of likely N-dealkylation sites (N-methyl/N-ethyl adjacent to an activating group) is 2. The van der Waals surface area contributed by atoms with Gasteiger partial charge in [0.2, 0.25) is 17.7 Å². The second kappa shape index (κ2) is 13.8. The van der Waals surface area contributed by atoms with Crippen molar-refractivity contribution in [1.29, 1.82) is 0 Å². The molecule has 0 aliphatic carbocycles. The van der Waals surface area contributed by atoms with Gasteiger partial charge in [-0.15, -0.1) is 0 Å². The Labute approximate surface area is 238 Å². The summed E-state index contributed by atoms with van der Waals surface area (Å²) in [6, 6.07) is -0.646. The van der Waals surface area contributed by atoms with Crippen LogP contribution in [0.3, 0.4) is 0 Å². The van der Waals surface area contributed by atoms with Crippen molar-refractivity contribution in [3.63, 3.8) is 0 Å². The summed E-state index contributed by atoms with van der Waals surface area (Å²) in [6.45, 7) is 15.9. The largest absolute Gasteiger partial charge is 0.342 e. The van der Waals surface area contributed by atoms with Gasteiger partial charge in [-0.25, -0.2) is 0 Å². The number of likely N-dealkylation sites (tertiary alicyclic amines) is 3. The molecule has 0 aromatic heterocycles. The highest BCUT2D eigenvalue weighted by Gasteiger charge is 2.41. The summed E-state index contributed by atoms with van der Waals surface area (Å²) in [6.07, 6.45) is 9.39. The van der Waals surface area contributed by atoms with E-state index in [2.05, 4.69) is 40.8 Å². The molecule has 0 aromatic carbocycles. The lowest BCUT2D eigenvalue weighted by Gasteiger charge is -2.45. The van der Waals surface area contributed by atoms with E-state index in [-0.39, 0.29) is 41.8 Å².